The summed E-state index contributed by atoms with van der Waals surface area (Å²) in [6, 6.07) is 16.7. The minimum atomic E-state index is -4.63. The van der Waals surface area contributed by atoms with Gasteiger partial charge in [-0.15, -0.1) is 0 Å². The fourth-order valence-corrected chi connectivity index (χ4v) is 3.33. The summed E-state index contributed by atoms with van der Waals surface area (Å²) < 4.78 is 43.6. The number of Topliss-reactive ketones (excluding diaryl/α,β-unsaturated/α-hetero) is 1. The van der Waals surface area contributed by atoms with Crippen LogP contribution in [0, 0.1) is 0 Å². The van der Waals surface area contributed by atoms with Gasteiger partial charge in [-0.1, -0.05) is 111 Å². The molecule has 0 saturated carbocycles. The molecule has 240 valence electrons. The van der Waals surface area contributed by atoms with Crippen LogP contribution in [-0.4, -0.2) is 36.1 Å². The van der Waals surface area contributed by atoms with E-state index in [1.807, 2.05) is 81.4 Å². The third kappa shape index (κ3) is 16.9. The van der Waals surface area contributed by atoms with Gasteiger partial charge in [0.1, 0.15) is 12.2 Å². The van der Waals surface area contributed by atoms with Crippen LogP contribution in [0.3, 0.4) is 0 Å². The molecule has 1 aliphatic rings. The SMILES string of the molecule is CC.CC.CC.CCC(=O)C(F)(F)F.CCC(=O)OC(C)(C)C.CCC(=O)OCC1c2ccccc2-c2ccccc21. The Morgan fingerprint density at radius 1 is 0.667 bits per heavy atom. The second kappa shape index (κ2) is 23.4. The van der Waals surface area contributed by atoms with Crippen molar-refractivity contribution in [2.24, 2.45) is 0 Å². The summed E-state index contributed by atoms with van der Waals surface area (Å²) in [4.78, 5) is 31.7. The van der Waals surface area contributed by atoms with Crippen molar-refractivity contribution in [1.29, 1.82) is 0 Å². The van der Waals surface area contributed by atoms with Crippen LogP contribution in [0.5, 0.6) is 0 Å². The molecule has 0 spiro atoms. The van der Waals surface area contributed by atoms with Crippen molar-refractivity contribution in [2.75, 3.05) is 6.61 Å². The van der Waals surface area contributed by atoms with E-state index in [2.05, 4.69) is 36.4 Å². The molecule has 0 N–H and O–H groups in total. The summed E-state index contributed by atoms with van der Waals surface area (Å²) in [5.74, 6) is -1.77. The summed E-state index contributed by atoms with van der Waals surface area (Å²) in [5, 5.41) is 0. The molecule has 0 bridgehead atoms. The Morgan fingerprint density at radius 2 is 1.05 bits per heavy atom. The van der Waals surface area contributed by atoms with E-state index >= 15 is 0 Å². The van der Waals surface area contributed by atoms with E-state index < -0.39 is 18.4 Å². The molecule has 5 nitrogen and oxygen atoms in total. The Hall–Kier alpha value is -3.16. The average molecular weight is 599 g/mol. The molecule has 0 fully saturated rings. The maximum atomic E-state index is 11.4. The molecule has 8 heteroatoms. The highest BCUT2D eigenvalue weighted by Crippen LogP contribution is 2.44. The number of carbonyl (C=O) groups excluding carboxylic acids is 3. The molecule has 0 heterocycles. The van der Waals surface area contributed by atoms with Crippen molar-refractivity contribution in [3.63, 3.8) is 0 Å². The Morgan fingerprint density at radius 3 is 1.31 bits per heavy atom. The first-order valence-electron chi connectivity index (χ1n) is 14.9. The zero-order valence-corrected chi connectivity index (χ0v) is 27.7. The molecule has 0 amide bonds. The third-order valence-electron chi connectivity index (χ3n) is 5.01. The van der Waals surface area contributed by atoms with Crippen molar-refractivity contribution in [2.45, 2.75) is 120 Å². The summed E-state index contributed by atoms with van der Waals surface area (Å²) in [5.41, 5.74) is 4.71. The summed E-state index contributed by atoms with van der Waals surface area (Å²) in [7, 11) is 0. The molecule has 3 rings (SSSR count). The number of carbonyl (C=O) groups is 3. The van der Waals surface area contributed by atoms with Gasteiger partial charge in [0.05, 0.1) is 0 Å². The minimum Gasteiger partial charge on any atom is -0.465 e. The van der Waals surface area contributed by atoms with Crippen LogP contribution >= 0.6 is 0 Å². The van der Waals surface area contributed by atoms with Gasteiger partial charge in [-0.3, -0.25) is 14.4 Å². The number of esters is 2. The van der Waals surface area contributed by atoms with Crippen LogP contribution in [-0.2, 0) is 23.9 Å². The monoisotopic (exact) mass is 598 g/mol. The molecule has 2 aromatic carbocycles. The van der Waals surface area contributed by atoms with Gasteiger partial charge >= 0.3 is 18.1 Å². The first kappa shape index (κ1) is 43.3. The third-order valence-corrected chi connectivity index (χ3v) is 5.01. The lowest BCUT2D eigenvalue weighted by atomic mass is 9.98. The van der Waals surface area contributed by atoms with E-state index in [0.29, 0.717) is 19.4 Å². The number of fused-ring (bicyclic) bond motifs is 3. The number of hydrogen-bond donors (Lipinski definition) is 0. The lowest BCUT2D eigenvalue weighted by molar-refractivity contribution is -0.170. The van der Waals surface area contributed by atoms with E-state index in [1.54, 1.807) is 6.92 Å². The van der Waals surface area contributed by atoms with Gasteiger partial charge in [-0.2, -0.15) is 13.2 Å². The van der Waals surface area contributed by atoms with Crippen LogP contribution in [0.2, 0.25) is 0 Å². The zero-order chi connectivity index (χ0) is 33.5. The topological polar surface area (TPSA) is 69.7 Å². The molecule has 42 heavy (non-hydrogen) atoms. The highest BCUT2D eigenvalue weighted by molar-refractivity contribution is 5.83. The van der Waals surface area contributed by atoms with Crippen molar-refractivity contribution in [3.05, 3.63) is 59.7 Å². The first-order valence-corrected chi connectivity index (χ1v) is 14.9. The van der Waals surface area contributed by atoms with Crippen molar-refractivity contribution < 1.29 is 37.0 Å². The molecule has 0 saturated heterocycles. The van der Waals surface area contributed by atoms with Gasteiger partial charge in [-0.05, 0) is 43.0 Å². The normalized spacial score (nSPS) is 10.8. The maximum Gasteiger partial charge on any atom is 0.449 e. The molecule has 0 atom stereocenters. The van der Waals surface area contributed by atoms with E-state index in [-0.39, 0.29) is 23.5 Å². The van der Waals surface area contributed by atoms with Crippen molar-refractivity contribution in [3.8, 4) is 11.1 Å². The number of ketones is 1. The molecule has 0 aromatic heterocycles. The fraction of sp³-hybridized carbons (Fsp3) is 0.559. The number of rotatable bonds is 5. The quantitative estimate of drug-likeness (QED) is 0.320. The Balaban J connectivity index is -0.000000560. The Bertz CT molecular complexity index is 979. The summed E-state index contributed by atoms with van der Waals surface area (Å²) in [6.45, 7) is 22.8. The van der Waals surface area contributed by atoms with Crippen molar-refractivity contribution >= 4 is 17.7 Å². The van der Waals surface area contributed by atoms with Crippen LogP contribution < -0.4 is 0 Å². The van der Waals surface area contributed by atoms with Gasteiger partial charge < -0.3 is 9.47 Å². The number of halogens is 3. The number of benzene rings is 2. The van der Waals surface area contributed by atoms with Crippen molar-refractivity contribution in [1.82, 2.24) is 0 Å². The predicted octanol–water partition coefficient (Wildman–Crippen LogP) is 10.1. The van der Waals surface area contributed by atoms with Crippen LogP contribution in [0.1, 0.15) is 119 Å². The van der Waals surface area contributed by atoms with Crippen LogP contribution in [0.4, 0.5) is 13.2 Å². The second-order valence-electron chi connectivity index (χ2n) is 8.98. The predicted molar refractivity (Wildman–Crippen MR) is 167 cm³/mol. The molecule has 0 radical (unpaired) electrons. The van der Waals surface area contributed by atoms with Crippen LogP contribution in [0.25, 0.3) is 11.1 Å². The molecular weight excluding hydrogens is 545 g/mol. The highest BCUT2D eigenvalue weighted by atomic mass is 19.4. The summed E-state index contributed by atoms with van der Waals surface area (Å²) in [6.07, 6.45) is -4.22. The lowest BCUT2D eigenvalue weighted by Crippen LogP contribution is -2.23. The highest BCUT2D eigenvalue weighted by Gasteiger charge is 2.36. The summed E-state index contributed by atoms with van der Waals surface area (Å²) >= 11 is 0. The number of alkyl halides is 3. The van der Waals surface area contributed by atoms with Gasteiger partial charge in [0.2, 0.25) is 5.78 Å². The van der Waals surface area contributed by atoms with E-state index in [0.717, 1.165) is 0 Å². The molecule has 2 aromatic rings. The maximum absolute atomic E-state index is 11.4. The van der Waals surface area contributed by atoms with Crippen LogP contribution in [0.15, 0.2) is 48.5 Å². The lowest BCUT2D eigenvalue weighted by Gasteiger charge is -2.18. The zero-order valence-electron chi connectivity index (χ0n) is 27.7. The average Bonchev–Trinajstić information content (AvgIpc) is 3.31. The van der Waals surface area contributed by atoms with Gasteiger partial charge in [0, 0.05) is 25.2 Å². The number of hydrogen-bond acceptors (Lipinski definition) is 5. The van der Waals surface area contributed by atoms with E-state index in [4.69, 9.17) is 9.47 Å². The first-order chi connectivity index (χ1) is 19.7. The largest absolute Gasteiger partial charge is 0.465 e. The smallest absolute Gasteiger partial charge is 0.449 e. The van der Waals surface area contributed by atoms with Gasteiger partial charge in [0.15, 0.2) is 0 Å². The Labute approximate surface area is 252 Å². The standard InChI is InChI=1S/C17H16O2.C7H14O2.C4H5F3O.3C2H6/c1-2-17(18)19-11-16-14-9-5-3-7-12(14)13-8-4-6-10-15(13)16;1-5-6(8)9-7(2,3)4;1-2-3(8)4(5,6)7;3*1-2/h3-10,16H,2,11H2,1H3;5H2,1-4H3;2H2,1H3;3*1-2H3. The molecular formula is C34H53F3O5. The Kier molecular flexibility index (Phi) is 24.1. The van der Waals surface area contributed by atoms with E-state index in [1.165, 1.54) is 29.2 Å². The van der Waals surface area contributed by atoms with Gasteiger partial charge in [0.25, 0.3) is 0 Å². The molecule has 0 unspecified atom stereocenters. The number of ether oxygens (including phenoxy) is 2. The second-order valence-corrected chi connectivity index (χ2v) is 8.98. The van der Waals surface area contributed by atoms with E-state index in [9.17, 15) is 27.6 Å². The molecule has 1 aliphatic carbocycles. The molecule has 0 aliphatic heterocycles. The fourth-order valence-electron chi connectivity index (χ4n) is 3.33. The minimum absolute atomic E-state index is 0.137. The van der Waals surface area contributed by atoms with Gasteiger partial charge in [-0.25, -0.2) is 0 Å².